The van der Waals surface area contributed by atoms with Crippen molar-refractivity contribution in [3.05, 3.63) is 72.6 Å². The van der Waals surface area contributed by atoms with Gasteiger partial charge in [-0.1, -0.05) is 12.1 Å². The molecule has 1 N–H and O–H groups in total. The Morgan fingerprint density at radius 3 is 2.53 bits per heavy atom. The predicted octanol–water partition coefficient (Wildman–Crippen LogP) is 3.58. The van der Waals surface area contributed by atoms with Crippen molar-refractivity contribution in [1.29, 1.82) is 0 Å². The van der Waals surface area contributed by atoms with Crippen LogP contribution < -0.4 is 14.8 Å². The highest BCUT2D eigenvalue weighted by Gasteiger charge is 2.21. The Morgan fingerprint density at radius 1 is 1.09 bits per heavy atom. The quantitative estimate of drug-likeness (QED) is 0.477. The van der Waals surface area contributed by atoms with Crippen LogP contribution in [0.25, 0.3) is 16.9 Å². The van der Waals surface area contributed by atoms with Gasteiger partial charge in [0.25, 0.3) is 5.91 Å². The first-order valence-electron chi connectivity index (χ1n) is 10.0. The number of nitrogens with zero attached hydrogens (tertiary/aromatic N) is 4. The van der Waals surface area contributed by atoms with E-state index in [4.69, 9.17) is 9.47 Å². The maximum absolute atomic E-state index is 13.2. The summed E-state index contributed by atoms with van der Waals surface area (Å²) in [6.45, 7) is 3.45. The molecule has 8 nitrogen and oxygen atoms in total. The molecule has 2 aromatic carbocycles. The number of nitrogens with one attached hydrogen (secondary N) is 1. The third kappa shape index (κ3) is 4.51. The number of ether oxygens (including phenoxy) is 2. The van der Waals surface area contributed by atoms with Crippen LogP contribution in [-0.4, -0.2) is 38.7 Å². The Hall–Kier alpha value is -4.01. The molecule has 1 amide bonds. The van der Waals surface area contributed by atoms with E-state index in [-0.39, 0.29) is 11.7 Å². The summed E-state index contributed by atoms with van der Waals surface area (Å²) >= 11 is 0. The van der Waals surface area contributed by atoms with Gasteiger partial charge in [-0.15, -0.1) is 5.10 Å². The van der Waals surface area contributed by atoms with E-state index in [0.717, 1.165) is 5.56 Å². The zero-order valence-electron chi connectivity index (χ0n) is 17.8. The van der Waals surface area contributed by atoms with Crippen LogP contribution in [0.5, 0.6) is 11.5 Å². The second-order valence-electron chi connectivity index (χ2n) is 7.20. The highest BCUT2D eigenvalue weighted by Crippen LogP contribution is 2.27. The molecule has 0 saturated heterocycles. The molecule has 0 spiro atoms. The van der Waals surface area contributed by atoms with Gasteiger partial charge in [-0.3, -0.25) is 4.79 Å². The van der Waals surface area contributed by atoms with Gasteiger partial charge >= 0.3 is 0 Å². The van der Waals surface area contributed by atoms with E-state index in [2.05, 4.69) is 20.4 Å². The van der Waals surface area contributed by atoms with Crippen molar-refractivity contribution in [3.63, 3.8) is 0 Å². The molecule has 0 saturated carbocycles. The van der Waals surface area contributed by atoms with E-state index in [1.807, 2.05) is 6.07 Å². The standard InChI is InChI=1S/C23H22FN5O3/c1-14(26-23(30)15(2)32-20-7-5-4-6-19(20)31-3)22-27-21-12-18(25-13-29(21)28-22)16-8-10-17(24)11-9-16/h4-15H,1-3H3,(H,26,30)/t14-,15?/m0/s1. The molecule has 0 fully saturated rings. The van der Waals surface area contributed by atoms with Crippen LogP contribution in [0, 0.1) is 5.82 Å². The lowest BCUT2D eigenvalue weighted by Gasteiger charge is -2.18. The number of hydrogen-bond acceptors (Lipinski definition) is 6. The third-order valence-corrected chi connectivity index (χ3v) is 4.87. The molecule has 4 aromatic rings. The zero-order valence-corrected chi connectivity index (χ0v) is 17.8. The average Bonchev–Trinajstić information content (AvgIpc) is 3.23. The van der Waals surface area contributed by atoms with Gasteiger partial charge in [0.1, 0.15) is 12.1 Å². The molecule has 0 bridgehead atoms. The van der Waals surface area contributed by atoms with Gasteiger partial charge < -0.3 is 14.8 Å². The maximum atomic E-state index is 13.2. The van der Waals surface area contributed by atoms with E-state index in [0.29, 0.717) is 28.7 Å². The van der Waals surface area contributed by atoms with Crippen molar-refractivity contribution in [2.75, 3.05) is 7.11 Å². The Kier molecular flexibility index (Phi) is 5.98. The Bertz CT molecular complexity index is 1240. The van der Waals surface area contributed by atoms with Gasteiger partial charge in [0.2, 0.25) is 0 Å². The van der Waals surface area contributed by atoms with Gasteiger partial charge in [0.15, 0.2) is 29.1 Å². The zero-order chi connectivity index (χ0) is 22.7. The van der Waals surface area contributed by atoms with Crippen molar-refractivity contribution in [2.24, 2.45) is 0 Å². The molecular formula is C23H22FN5O3. The highest BCUT2D eigenvalue weighted by atomic mass is 19.1. The summed E-state index contributed by atoms with van der Waals surface area (Å²) in [7, 11) is 1.54. The SMILES string of the molecule is COc1ccccc1OC(C)C(=O)N[C@@H](C)c1nc2cc(-c3ccc(F)cc3)ncn2n1. The first-order chi connectivity index (χ1) is 15.4. The minimum absolute atomic E-state index is 0.312. The number of para-hydroxylation sites is 2. The van der Waals surface area contributed by atoms with E-state index in [1.54, 1.807) is 57.4 Å². The van der Waals surface area contributed by atoms with Crippen LogP contribution in [-0.2, 0) is 4.79 Å². The van der Waals surface area contributed by atoms with Crippen LogP contribution in [0.4, 0.5) is 4.39 Å². The summed E-state index contributed by atoms with van der Waals surface area (Å²) in [5, 5.41) is 7.25. The second kappa shape index (κ2) is 9.01. The smallest absolute Gasteiger partial charge is 0.261 e. The fourth-order valence-electron chi connectivity index (χ4n) is 3.13. The number of amides is 1. The van der Waals surface area contributed by atoms with E-state index in [1.165, 1.54) is 23.0 Å². The van der Waals surface area contributed by atoms with Crippen molar-refractivity contribution < 1.29 is 18.7 Å². The lowest BCUT2D eigenvalue weighted by atomic mass is 10.1. The van der Waals surface area contributed by atoms with E-state index in [9.17, 15) is 9.18 Å². The molecule has 4 rings (SSSR count). The van der Waals surface area contributed by atoms with Crippen LogP contribution in [0.15, 0.2) is 60.9 Å². The van der Waals surface area contributed by atoms with Gasteiger partial charge in [0, 0.05) is 11.6 Å². The number of hydrogen-bond donors (Lipinski definition) is 1. The number of fused-ring (bicyclic) bond motifs is 1. The normalized spacial score (nSPS) is 12.9. The molecule has 0 radical (unpaired) electrons. The summed E-state index contributed by atoms with van der Waals surface area (Å²) in [5.41, 5.74) is 1.97. The minimum atomic E-state index is -0.752. The number of rotatable bonds is 7. The summed E-state index contributed by atoms with van der Waals surface area (Å²) in [5.74, 6) is 0.837. The third-order valence-electron chi connectivity index (χ3n) is 4.87. The fourth-order valence-corrected chi connectivity index (χ4v) is 3.13. The van der Waals surface area contributed by atoms with Crippen molar-refractivity contribution in [1.82, 2.24) is 24.9 Å². The molecule has 164 valence electrons. The number of carbonyl (C=O) groups is 1. The number of carbonyl (C=O) groups excluding carboxylic acids is 1. The molecule has 1 unspecified atom stereocenters. The molecule has 9 heteroatoms. The fraction of sp³-hybridized carbons (Fsp3) is 0.217. The summed E-state index contributed by atoms with van der Waals surface area (Å²) < 4.78 is 25.7. The maximum Gasteiger partial charge on any atom is 0.261 e. The largest absolute Gasteiger partial charge is 0.493 e. The number of aromatic nitrogens is 4. The first-order valence-corrected chi connectivity index (χ1v) is 10.0. The van der Waals surface area contributed by atoms with E-state index < -0.39 is 12.1 Å². The van der Waals surface area contributed by atoms with Crippen LogP contribution >= 0.6 is 0 Å². The van der Waals surface area contributed by atoms with Gasteiger partial charge in [-0.05, 0) is 50.2 Å². The van der Waals surface area contributed by atoms with Crippen LogP contribution in [0.1, 0.15) is 25.7 Å². The molecule has 2 atom stereocenters. The molecule has 0 aliphatic carbocycles. The molecule has 0 aliphatic heterocycles. The van der Waals surface area contributed by atoms with Gasteiger partial charge in [-0.25, -0.2) is 18.9 Å². The van der Waals surface area contributed by atoms with Crippen molar-refractivity contribution in [3.8, 4) is 22.8 Å². The average molecular weight is 435 g/mol. The lowest BCUT2D eigenvalue weighted by molar-refractivity contribution is -0.128. The Balaban J connectivity index is 1.46. The Morgan fingerprint density at radius 2 is 1.81 bits per heavy atom. The molecule has 2 aromatic heterocycles. The van der Waals surface area contributed by atoms with E-state index >= 15 is 0 Å². The van der Waals surface area contributed by atoms with Gasteiger partial charge in [-0.2, -0.15) is 0 Å². The van der Waals surface area contributed by atoms with Crippen molar-refractivity contribution in [2.45, 2.75) is 26.0 Å². The lowest BCUT2D eigenvalue weighted by Crippen LogP contribution is -2.38. The number of methoxy groups -OCH3 is 1. The molecule has 32 heavy (non-hydrogen) atoms. The Labute approximate surface area is 184 Å². The first kappa shape index (κ1) is 21.2. The van der Waals surface area contributed by atoms with Gasteiger partial charge in [0.05, 0.1) is 18.8 Å². The van der Waals surface area contributed by atoms with Crippen LogP contribution in [0.3, 0.4) is 0 Å². The monoisotopic (exact) mass is 435 g/mol. The number of halogens is 1. The molecular weight excluding hydrogens is 413 g/mol. The summed E-state index contributed by atoms with van der Waals surface area (Å²) in [6, 6.07) is 14.5. The number of benzene rings is 2. The summed E-state index contributed by atoms with van der Waals surface area (Å²) in [4.78, 5) is 21.5. The van der Waals surface area contributed by atoms with Crippen molar-refractivity contribution >= 4 is 11.6 Å². The molecule has 2 heterocycles. The molecule has 0 aliphatic rings. The summed E-state index contributed by atoms with van der Waals surface area (Å²) in [6.07, 6.45) is 0.782. The van der Waals surface area contributed by atoms with Crippen LogP contribution in [0.2, 0.25) is 0 Å². The topological polar surface area (TPSA) is 90.6 Å². The highest BCUT2D eigenvalue weighted by molar-refractivity contribution is 5.81. The minimum Gasteiger partial charge on any atom is -0.493 e. The predicted molar refractivity (Wildman–Crippen MR) is 116 cm³/mol. The second-order valence-corrected chi connectivity index (χ2v) is 7.20.